The summed E-state index contributed by atoms with van der Waals surface area (Å²) < 4.78 is 4.78. The fraction of sp³-hybridized carbons (Fsp3) is 0.0417. The molecular formula is C24H16N4O4. The molecule has 0 radical (unpaired) electrons. The summed E-state index contributed by atoms with van der Waals surface area (Å²) in [6.07, 6.45) is 5.19. The number of fused-ring (bicyclic) bond motifs is 3. The number of pyridine rings is 2. The zero-order valence-corrected chi connectivity index (χ0v) is 16.9. The van der Waals surface area contributed by atoms with Crippen LogP contribution in [0.4, 0.5) is 5.69 Å². The topological polar surface area (TPSA) is 111 Å². The zero-order chi connectivity index (χ0) is 22.2. The lowest BCUT2D eigenvalue weighted by atomic mass is 9.93. The van der Waals surface area contributed by atoms with Crippen LogP contribution in [0.5, 0.6) is 0 Å². The van der Waals surface area contributed by atoms with Crippen LogP contribution in [0.15, 0.2) is 73.2 Å². The standard InChI is InChI=1S/C24H16N4O4/c1-32-24(29)15-6-4-14(5-7-15)19-13-26-23-22(21(19)16-3-2-10-25-12-16)18-11-17(28(30)31)8-9-20(18)27-23/h2-13H,1H3,(H,26,27). The molecule has 0 aliphatic heterocycles. The Hall–Kier alpha value is -4.59. The Balaban J connectivity index is 1.83. The van der Waals surface area contributed by atoms with Crippen LogP contribution >= 0.6 is 0 Å². The predicted molar refractivity (Wildman–Crippen MR) is 120 cm³/mol. The molecule has 0 atom stereocenters. The molecule has 0 bridgehead atoms. The summed E-state index contributed by atoms with van der Waals surface area (Å²) in [7, 11) is 1.34. The summed E-state index contributed by atoms with van der Waals surface area (Å²) in [5.74, 6) is -0.415. The maximum Gasteiger partial charge on any atom is 0.337 e. The van der Waals surface area contributed by atoms with E-state index in [1.807, 2.05) is 24.3 Å². The Morgan fingerprint density at radius 2 is 1.88 bits per heavy atom. The van der Waals surface area contributed by atoms with Gasteiger partial charge in [0.2, 0.25) is 0 Å². The molecule has 1 N–H and O–H groups in total. The lowest BCUT2D eigenvalue weighted by Crippen LogP contribution is -2.00. The summed E-state index contributed by atoms with van der Waals surface area (Å²) in [6.45, 7) is 0. The first-order chi connectivity index (χ1) is 15.6. The molecule has 5 rings (SSSR count). The number of nitrogens with zero attached hydrogens (tertiary/aromatic N) is 3. The van der Waals surface area contributed by atoms with Crippen LogP contribution in [-0.4, -0.2) is 33.0 Å². The molecule has 0 spiro atoms. The highest BCUT2D eigenvalue weighted by Crippen LogP contribution is 2.41. The second-order valence-electron chi connectivity index (χ2n) is 7.19. The number of non-ortho nitro benzene ring substituents is 1. The molecule has 0 unspecified atom stereocenters. The normalized spacial score (nSPS) is 11.0. The van der Waals surface area contributed by atoms with Crippen molar-refractivity contribution in [2.75, 3.05) is 7.11 Å². The van der Waals surface area contributed by atoms with Crippen molar-refractivity contribution in [2.45, 2.75) is 0 Å². The summed E-state index contributed by atoms with van der Waals surface area (Å²) >= 11 is 0. The van der Waals surface area contributed by atoms with Gasteiger partial charge in [0.05, 0.1) is 17.6 Å². The number of H-pyrrole nitrogens is 1. The molecule has 32 heavy (non-hydrogen) atoms. The molecule has 2 aromatic carbocycles. The Kier molecular flexibility index (Phi) is 4.59. The van der Waals surface area contributed by atoms with E-state index in [2.05, 4.69) is 15.0 Å². The van der Waals surface area contributed by atoms with Crippen LogP contribution in [0.25, 0.3) is 44.2 Å². The minimum atomic E-state index is -0.415. The Labute approximate surface area is 181 Å². The van der Waals surface area contributed by atoms with Crippen molar-refractivity contribution in [1.29, 1.82) is 0 Å². The van der Waals surface area contributed by atoms with Crippen LogP contribution in [0.2, 0.25) is 0 Å². The molecule has 3 heterocycles. The zero-order valence-electron chi connectivity index (χ0n) is 16.9. The minimum Gasteiger partial charge on any atom is -0.465 e. The number of ether oxygens (including phenoxy) is 1. The first kappa shape index (κ1) is 19.4. The van der Waals surface area contributed by atoms with E-state index in [1.54, 1.807) is 42.9 Å². The average Bonchev–Trinajstić information content (AvgIpc) is 3.21. The third-order valence-corrected chi connectivity index (χ3v) is 5.38. The van der Waals surface area contributed by atoms with E-state index in [4.69, 9.17) is 4.74 Å². The smallest absolute Gasteiger partial charge is 0.337 e. The van der Waals surface area contributed by atoms with Gasteiger partial charge in [-0.25, -0.2) is 9.78 Å². The van der Waals surface area contributed by atoms with Crippen molar-refractivity contribution in [3.8, 4) is 22.3 Å². The van der Waals surface area contributed by atoms with Crippen molar-refractivity contribution < 1.29 is 14.5 Å². The SMILES string of the molecule is COC(=O)c1ccc(-c2cnc3[nH]c4ccc([N+](=O)[O-])cc4c3c2-c2cccnc2)cc1. The number of carbonyl (C=O) groups excluding carboxylic acids is 1. The molecule has 156 valence electrons. The highest BCUT2D eigenvalue weighted by molar-refractivity contribution is 6.16. The number of benzene rings is 2. The van der Waals surface area contributed by atoms with Gasteiger partial charge in [0.1, 0.15) is 5.65 Å². The third kappa shape index (κ3) is 3.14. The molecule has 0 saturated heterocycles. The molecule has 0 aliphatic carbocycles. The number of rotatable bonds is 4. The van der Waals surface area contributed by atoms with E-state index in [9.17, 15) is 14.9 Å². The van der Waals surface area contributed by atoms with Crippen molar-refractivity contribution in [3.63, 3.8) is 0 Å². The number of nitrogens with one attached hydrogen (secondary N) is 1. The predicted octanol–water partition coefficient (Wildman–Crippen LogP) is 5.14. The van der Waals surface area contributed by atoms with Gasteiger partial charge in [0, 0.05) is 63.7 Å². The van der Waals surface area contributed by atoms with Crippen molar-refractivity contribution in [3.05, 3.63) is 88.9 Å². The second-order valence-corrected chi connectivity index (χ2v) is 7.19. The van der Waals surface area contributed by atoms with E-state index >= 15 is 0 Å². The molecule has 5 aromatic rings. The lowest BCUT2D eigenvalue weighted by Gasteiger charge is -2.12. The van der Waals surface area contributed by atoms with Gasteiger partial charge in [0.15, 0.2) is 0 Å². The fourth-order valence-electron chi connectivity index (χ4n) is 3.89. The van der Waals surface area contributed by atoms with Crippen LogP contribution in [0.1, 0.15) is 10.4 Å². The highest BCUT2D eigenvalue weighted by Gasteiger charge is 2.19. The molecule has 0 amide bonds. The van der Waals surface area contributed by atoms with Crippen LogP contribution in [-0.2, 0) is 4.74 Å². The number of carbonyl (C=O) groups is 1. The Morgan fingerprint density at radius 1 is 1.06 bits per heavy atom. The van der Waals surface area contributed by atoms with Gasteiger partial charge in [-0.1, -0.05) is 18.2 Å². The second kappa shape index (κ2) is 7.59. The number of methoxy groups -OCH3 is 1. The van der Waals surface area contributed by atoms with Gasteiger partial charge < -0.3 is 9.72 Å². The van der Waals surface area contributed by atoms with Crippen LogP contribution < -0.4 is 0 Å². The van der Waals surface area contributed by atoms with E-state index in [0.717, 1.165) is 33.2 Å². The summed E-state index contributed by atoms with van der Waals surface area (Å²) in [5.41, 5.74) is 5.16. The first-order valence-corrected chi connectivity index (χ1v) is 9.75. The largest absolute Gasteiger partial charge is 0.465 e. The van der Waals surface area contributed by atoms with Crippen molar-refractivity contribution in [1.82, 2.24) is 15.0 Å². The fourth-order valence-corrected chi connectivity index (χ4v) is 3.89. The lowest BCUT2D eigenvalue weighted by molar-refractivity contribution is -0.384. The van der Waals surface area contributed by atoms with Gasteiger partial charge in [-0.05, 0) is 29.8 Å². The van der Waals surface area contributed by atoms with Gasteiger partial charge in [-0.2, -0.15) is 0 Å². The van der Waals surface area contributed by atoms with E-state index in [0.29, 0.717) is 16.6 Å². The summed E-state index contributed by atoms with van der Waals surface area (Å²) in [5, 5.41) is 12.9. The minimum absolute atomic E-state index is 0.00312. The molecule has 8 heteroatoms. The molecule has 8 nitrogen and oxygen atoms in total. The summed E-state index contributed by atoms with van der Waals surface area (Å²) in [4.78, 5) is 34.9. The Bertz CT molecular complexity index is 1490. The van der Waals surface area contributed by atoms with Crippen molar-refractivity contribution in [2.24, 2.45) is 0 Å². The first-order valence-electron chi connectivity index (χ1n) is 9.75. The van der Waals surface area contributed by atoms with E-state index in [-0.39, 0.29) is 5.69 Å². The molecule has 0 saturated carbocycles. The number of nitro groups is 1. The molecular weight excluding hydrogens is 408 g/mol. The molecule has 0 aliphatic rings. The van der Waals surface area contributed by atoms with Gasteiger partial charge >= 0.3 is 5.97 Å². The van der Waals surface area contributed by atoms with Gasteiger partial charge in [-0.15, -0.1) is 0 Å². The average molecular weight is 424 g/mol. The number of hydrogen-bond acceptors (Lipinski definition) is 6. The van der Waals surface area contributed by atoms with Gasteiger partial charge in [0.25, 0.3) is 5.69 Å². The van der Waals surface area contributed by atoms with E-state index < -0.39 is 10.9 Å². The third-order valence-electron chi connectivity index (χ3n) is 5.38. The van der Waals surface area contributed by atoms with Crippen LogP contribution in [0, 0.1) is 10.1 Å². The molecule has 0 fully saturated rings. The quantitative estimate of drug-likeness (QED) is 0.243. The number of nitro benzene ring substituents is 1. The molecule has 3 aromatic heterocycles. The van der Waals surface area contributed by atoms with E-state index in [1.165, 1.54) is 13.2 Å². The number of esters is 1. The Morgan fingerprint density at radius 3 is 2.56 bits per heavy atom. The highest BCUT2D eigenvalue weighted by atomic mass is 16.6. The number of hydrogen-bond donors (Lipinski definition) is 1. The monoisotopic (exact) mass is 424 g/mol. The van der Waals surface area contributed by atoms with Gasteiger partial charge in [-0.3, -0.25) is 15.1 Å². The maximum atomic E-state index is 11.8. The maximum absolute atomic E-state index is 11.8. The number of aromatic amines is 1. The van der Waals surface area contributed by atoms with Crippen LogP contribution in [0.3, 0.4) is 0 Å². The van der Waals surface area contributed by atoms with Crippen molar-refractivity contribution >= 4 is 33.6 Å². The summed E-state index contributed by atoms with van der Waals surface area (Å²) in [6, 6.07) is 15.5. The number of aromatic nitrogens is 3.